The van der Waals surface area contributed by atoms with Crippen molar-refractivity contribution >= 4 is 6.03 Å². The Morgan fingerprint density at radius 3 is 2.50 bits per heavy atom. The second kappa shape index (κ2) is 6.58. The summed E-state index contributed by atoms with van der Waals surface area (Å²) in [6.45, 7) is 4.42. The number of hydrogen-bond acceptors (Lipinski definition) is 3. The average molecular weight is 322 g/mol. The van der Waals surface area contributed by atoms with Gasteiger partial charge in [-0.1, -0.05) is 48.5 Å². The lowest BCUT2D eigenvalue weighted by Crippen LogP contribution is -2.28. The summed E-state index contributed by atoms with van der Waals surface area (Å²) >= 11 is 0. The molecule has 0 unspecified atom stereocenters. The Morgan fingerprint density at radius 2 is 1.79 bits per heavy atom. The second-order valence-corrected chi connectivity index (χ2v) is 5.68. The topological polar surface area (TPSA) is 64.2 Å². The first kappa shape index (κ1) is 15.8. The molecule has 3 aromatic rings. The van der Waals surface area contributed by atoms with Gasteiger partial charge in [-0.25, -0.2) is 9.59 Å². The van der Waals surface area contributed by atoms with Gasteiger partial charge in [0.05, 0.1) is 6.07 Å². The van der Waals surface area contributed by atoms with E-state index in [0.717, 1.165) is 15.9 Å². The first-order valence-electron chi connectivity index (χ1n) is 7.68. The van der Waals surface area contributed by atoms with E-state index in [1.54, 1.807) is 0 Å². The van der Waals surface area contributed by atoms with E-state index in [-0.39, 0.29) is 0 Å². The monoisotopic (exact) mass is 322 g/mol. The van der Waals surface area contributed by atoms with Gasteiger partial charge in [0.15, 0.2) is 0 Å². The van der Waals surface area contributed by atoms with Crippen molar-refractivity contribution in [2.75, 3.05) is 0 Å². The number of aryl methyl sites for hydroxylation is 2. The summed E-state index contributed by atoms with van der Waals surface area (Å²) in [4.78, 5) is 24.0. The van der Waals surface area contributed by atoms with Gasteiger partial charge in [-0.3, -0.25) is 0 Å². The molecule has 0 saturated carbocycles. The van der Waals surface area contributed by atoms with E-state index >= 15 is 0 Å². The van der Waals surface area contributed by atoms with Crippen LogP contribution < -0.4 is 10.9 Å². The van der Waals surface area contributed by atoms with E-state index in [2.05, 4.69) is 5.32 Å². The van der Waals surface area contributed by atoms with Crippen molar-refractivity contribution in [3.63, 3.8) is 0 Å². The number of carbonyl (C=O) groups excluding carboxylic acids is 1. The van der Waals surface area contributed by atoms with Crippen LogP contribution in [0.2, 0.25) is 0 Å². The van der Waals surface area contributed by atoms with Crippen LogP contribution in [-0.4, -0.2) is 10.8 Å². The van der Waals surface area contributed by atoms with Gasteiger partial charge in [-0.2, -0.15) is 0 Å². The van der Waals surface area contributed by atoms with Crippen LogP contribution in [0.25, 0.3) is 11.3 Å². The van der Waals surface area contributed by atoms with Crippen molar-refractivity contribution in [3.05, 3.63) is 81.7 Å². The molecule has 122 valence electrons. The molecular weight excluding hydrogens is 304 g/mol. The fraction of sp³-hybridized carbons (Fsp3) is 0.158. The van der Waals surface area contributed by atoms with Gasteiger partial charge >= 0.3 is 11.7 Å². The molecule has 5 heteroatoms. The quantitative estimate of drug-likeness (QED) is 0.803. The summed E-state index contributed by atoms with van der Waals surface area (Å²) in [7, 11) is 0. The highest BCUT2D eigenvalue weighted by atomic mass is 16.5. The molecule has 3 rings (SSSR count). The lowest BCUT2D eigenvalue weighted by atomic mass is 10.1. The summed E-state index contributed by atoms with van der Waals surface area (Å²) < 4.78 is 6.01. The van der Waals surface area contributed by atoms with Crippen LogP contribution in [0.15, 0.2) is 63.9 Å². The summed E-state index contributed by atoms with van der Waals surface area (Å²) in [6, 6.07) is 16.0. The Labute approximate surface area is 139 Å². The molecule has 1 heterocycles. The minimum Gasteiger partial charge on any atom is -0.331 e. The number of hydrogen-bond donors (Lipinski definition) is 1. The molecule has 1 N–H and O–H groups in total. The molecule has 0 atom stereocenters. The van der Waals surface area contributed by atoms with E-state index in [1.165, 1.54) is 17.2 Å². The van der Waals surface area contributed by atoms with E-state index < -0.39 is 11.7 Å². The van der Waals surface area contributed by atoms with Crippen molar-refractivity contribution in [2.45, 2.75) is 20.4 Å². The van der Waals surface area contributed by atoms with Crippen LogP contribution in [0.4, 0.5) is 4.79 Å². The molecule has 0 fully saturated rings. The molecule has 0 saturated heterocycles. The Hall–Kier alpha value is -3.08. The molecular formula is C19H18N2O3. The van der Waals surface area contributed by atoms with Crippen molar-refractivity contribution in [2.24, 2.45) is 0 Å². The SMILES string of the molecule is Cc1ccc(CNC(=O)n2oc(=O)cc2-c2ccccc2)cc1C. The first-order chi connectivity index (χ1) is 11.5. The first-order valence-corrected chi connectivity index (χ1v) is 7.68. The smallest absolute Gasteiger partial charge is 0.331 e. The number of benzene rings is 2. The number of nitrogens with zero attached hydrogens (tertiary/aromatic N) is 1. The zero-order chi connectivity index (χ0) is 17.1. The summed E-state index contributed by atoms with van der Waals surface area (Å²) in [5.41, 5.74) is 3.97. The minimum atomic E-state index is -0.560. The van der Waals surface area contributed by atoms with Crippen LogP contribution in [-0.2, 0) is 6.54 Å². The van der Waals surface area contributed by atoms with Gasteiger partial charge in [0.25, 0.3) is 0 Å². The lowest BCUT2D eigenvalue weighted by molar-refractivity contribution is 0.208. The molecule has 1 aromatic heterocycles. The normalized spacial score (nSPS) is 10.6. The van der Waals surface area contributed by atoms with Crippen LogP contribution in [0.3, 0.4) is 0 Å². The van der Waals surface area contributed by atoms with Crippen LogP contribution in [0, 0.1) is 13.8 Å². The van der Waals surface area contributed by atoms with Crippen molar-refractivity contribution < 1.29 is 9.32 Å². The molecule has 24 heavy (non-hydrogen) atoms. The molecule has 0 aliphatic heterocycles. The van der Waals surface area contributed by atoms with Crippen LogP contribution in [0.1, 0.15) is 16.7 Å². The van der Waals surface area contributed by atoms with Gasteiger partial charge in [-0.05, 0) is 30.5 Å². The maximum absolute atomic E-state index is 12.4. The number of amides is 1. The Morgan fingerprint density at radius 1 is 1.04 bits per heavy atom. The van der Waals surface area contributed by atoms with E-state index in [0.29, 0.717) is 12.2 Å². The highest BCUT2D eigenvalue weighted by Gasteiger charge is 2.15. The molecule has 0 spiro atoms. The highest BCUT2D eigenvalue weighted by molar-refractivity contribution is 5.80. The molecule has 0 aliphatic carbocycles. The summed E-state index contributed by atoms with van der Waals surface area (Å²) in [6.07, 6.45) is 0. The molecule has 2 aromatic carbocycles. The zero-order valence-corrected chi connectivity index (χ0v) is 13.6. The number of carbonyl (C=O) groups is 1. The highest BCUT2D eigenvalue weighted by Crippen LogP contribution is 2.17. The van der Waals surface area contributed by atoms with Gasteiger partial charge in [0, 0.05) is 12.1 Å². The largest absolute Gasteiger partial charge is 0.358 e. The lowest BCUT2D eigenvalue weighted by Gasteiger charge is -2.09. The fourth-order valence-corrected chi connectivity index (χ4v) is 2.46. The number of rotatable bonds is 3. The average Bonchev–Trinajstić information content (AvgIpc) is 2.98. The number of nitrogens with one attached hydrogen (secondary N) is 1. The van der Waals surface area contributed by atoms with E-state index in [9.17, 15) is 9.59 Å². The molecule has 1 amide bonds. The number of aromatic nitrogens is 1. The van der Waals surface area contributed by atoms with E-state index in [4.69, 9.17) is 4.52 Å². The fourth-order valence-electron chi connectivity index (χ4n) is 2.46. The van der Waals surface area contributed by atoms with Gasteiger partial charge in [0.1, 0.15) is 5.69 Å². The van der Waals surface area contributed by atoms with Crippen molar-refractivity contribution in [1.82, 2.24) is 10.1 Å². The maximum atomic E-state index is 12.4. The Kier molecular flexibility index (Phi) is 4.33. The molecule has 0 bridgehead atoms. The second-order valence-electron chi connectivity index (χ2n) is 5.68. The summed E-state index contributed by atoms with van der Waals surface area (Å²) in [5.74, 6) is 0. The van der Waals surface area contributed by atoms with Crippen LogP contribution in [0.5, 0.6) is 0 Å². The molecule has 0 radical (unpaired) electrons. The third-order valence-electron chi connectivity index (χ3n) is 3.92. The van der Waals surface area contributed by atoms with Gasteiger partial charge in [-0.15, -0.1) is 4.74 Å². The molecule has 0 aliphatic rings. The predicted molar refractivity (Wildman–Crippen MR) is 92.0 cm³/mol. The maximum Gasteiger partial charge on any atom is 0.358 e. The van der Waals surface area contributed by atoms with Crippen molar-refractivity contribution in [1.29, 1.82) is 0 Å². The Bertz CT molecular complexity index is 923. The van der Waals surface area contributed by atoms with E-state index in [1.807, 2.05) is 62.4 Å². The van der Waals surface area contributed by atoms with Crippen LogP contribution >= 0.6 is 0 Å². The standard InChI is InChI=1S/C19H18N2O3/c1-13-8-9-15(10-14(13)2)12-20-19(23)21-17(11-18(22)24-21)16-6-4-3-5-7-16/h3-11H,12H2,1-2H3,(H,20,23). The minimum absolute atomic E-state index is 0.357. The van der Waals surface area contributed by atoms with Crippen molar-refractivity contribution in [3.8, 4) is 11.3 Å². The van der Waals surface area contributed by atoms with Gasteiger partial charge < -0.3 is 9.84 Å². The molecule has 5 nitrogen and oxygen atoms in total. The predicted octanol–water partition coefficient (Wildman–Crippen LogP) is 3.48. The van der Waals surface area contributed by atoms with Gasteiger partial charge in [0.2, 0.25) is 0 Å². The third kappa shape index (κ3) is 3.30. The Balaban J connectivity index is 1.80. The summed E-state index contributed by atoms with van der Waals surface area (Å²) in [5, 5.41) is 2.78. The third-order valence-corrected chi connectivity index (χ3v) is 3.92. The zero-order valence-electron chi connectivity index (χ0n) is 13.6.